The van der Waals surface area contributed by atoms with E-state index in [2.05, 4.69) is 15.3 Å². The highest BCUT2D eigenvalue weighted by Crippen LogP contribution is 2.23. The van der Waals surface area contributed by atoms with Crippen molar-refractivity contribution in [3.63, 3.8) is 0 Å². The lowest BCUT2D eigenvalue weighted by Gasteiger charge is -2.09. The predicted octanol–water partition coefficient (Wildman–Crippen LogP) is 1.93. The van der Waals surface area contributed by atoms with Crippen LogP contribution in [-0.2, 0) is 9.84 Å². The molecule has 0 spiro atoms. The number of nitrogens with zero attached hydrogens (tertiary/aromatic N) is 2. The second-order valence-corrected chi connectivity index (χ2v) is 5.92. The summed E-state index contributed by atoms with van der Waals surface area (Å²) in [4.78, 5) is 8.28. The maximum Gasteiger partial charge on any atom is 0.177 e. The summed E-state index contributed by atoms with van der Waals surface area (Å²) < 4.78 is 23.3. The van der Waals surface area contributed by atoms with E-state index >= 15 is 0 Å². The molecule has 2 rings (SSSR count). The highest BCUT2D eigenvalue weighted by molar-refractivity contribution is 7.90. The summed E-state index contributed by atoms with van der Waals surface area (Å²) in [5.41, 5.74) is 1.32. The molecule has 0 fully saturated rings. The van der Waals surface area contributed by atoms with Gasteiger partial charge >= 0.3 is 0 Å². The molecule has 1 heterocycles. The number of hydrogen-bond acceptors (Lipinski definition) is 5. The van der Waals surface area contributed by atoms with Crippen LogP contribution in [0.5, 0.6) is 0 Å². The van der Waals surface area contributed by atoms with Gasteiger partial charge in [0.2, 0.25) is 0 Å². The first-order valence-electron chi connectivity index (χ1n) is 5.31. The van der Waals surface area contributed by atoms with Crippen molar-refractivity contribution in [1.29, 1.82) is 0 Å². The van der Waals surface area contributed by atoms with Gasteiger partial charge in [0.1, 0.15) is 12.1 Å². The van der Waals surface area contributed by atoms with Crippen LogP contribution in [-0.4, -0.2) is 24.6 Å². The minimum Gasteiger partial charge on any atom is -0.339 e. The van der Waals surface area contributed by atoms with Gasteiger partial charge in [0, 0.05) is 18.0 Å². The Hall–Kier alpha value is -1.95. The fraction of sp³-hybridized carbons (Fsp3) is 0.167. The largest absolute Gasteiger partial charge is 0.339 e. The number of aromatic nitrogens is 2. The molecule has 1 N–H and O–H groups in total. The summed E-state index contributed by atoms with van der Waals surface area (Å²) in [5.74, 6) is 0.568. The molecule has 94 valence electrons. The van der Waals surface area contributed by atoms with Gasteiger partial charge in [-0.15, -0.1) is 0 Å². The fourth-order valence-electron chi connectivity index (χ4n) is 1.55. The van der Waals surface area contributed by atoms with Crippen LogP contribution in [0.25, 0.3) is 0 Å². The Morgan fingerprint density at radius 3 is 2.56 bits per heavy atom. The molecule has 0 radical (unpaired) electrons. The second kappa shape index (κ2) is 4.73. The molecule has 0 aliphatic heterocycles. The molecule has 0 unspecified atom stereocenters. The average molecular weight is 263 g/mol. The molecule has 0 saturated heterocycles. The molecule has 1 aromatic carbocycles. The topological polar surface area (TPSA) is 72.0 Å². The van der Waals surface area contributed by atoms with Crippen LogP contribution in [0.3, 0.4) is 0 Å². The van der Waals surface area contributed by atoms with Gasteiger partial charge in [-0.3, -0.25) is 0 Å². The number of nitrogens with one attached hydrogen (secondary N) is 1. The van der Waals surface area contributed by atoms with E-state index in [0.29, 0.717) is 11.5 Å². The van der Waals surface area contributed by atoms with E-state index in [9.17, 15) is 8.42 Å². The van der Waals surface area contributed by atoms with Crippen molar-refractivity contribution in [2.45, 2.75) is 11.8 Å². The van der Waals surface area contributed by atoms with Gasteiger partial charge in [-0.2, -0.15) is 0 Å². The number of para-hydroxylation sites is 1. The van der Waals surface area contributed by atoms with Crippen LogP contribution < -0.4 is 5.32 Å². The Balaban J connectivity index is 2.41. The Kier molecular flexibility index (Phi) is 3.29. The first-order chi connectivity index (χ1) is 8.47. The van der Waals surface area contributed by atoms with Gasteiger partial charge < -0.3 is 5.32 Å². The SMILES string of the molecule is Cc1cc(Nc2ccccc2S(C)(=O)=O)ncn1. The molecular formula is C12H13N3O2S. The smallest absolute Gasteiger partial charge is 0.177 e. The van der Waals surface area contributed by atoms with Crippen molar-refractivity contribution in [3.05, 3.63) is 42.4 Å². The number of sulfone groups is 1. The number of anilines is 2. The van der Waals surface area contributed by atoms with E-state index < -0.39 is 9.84 Å². The third-order valence-electron chi connectivity index (χ3n) is 2.35. The zero-order valence-corrected chi connectivity index (χ0v) is 10.9. The molecule has 0 amide bonds. The molecule has 0 saturated carbocycles. The monoisotopic (exact) mass is 263 g/mol. The number of rotatable bonds is 3. The van der Waals surface area contributed by atoms with Crippen molar-refractivity contribution in [3.8, 4) is 0 Å². The van der Waals surface area contributed by atoms with Crippen molar-refractivity contribution in [2.75, 3.05) is 11.6 Å². The Labute approximate surface area is 106 Å². The van der Waals surface area contributed by atoms with E-state index in [-0.39, 0.29) is 4.90 Å². The van der Waals surface area contributed by atoms with Crippen molar-refractivity contribution in [2.24, 2.45) is 0 Å². The maximum absolute atomic E-state index is 11.6. The van der Waals surface area contributed by atoms with Crippen molar-refractivity contribution >= 4 is 21.3 Å². The number of hydrogen-bond donors (Lipinski definition) is 1. The van der Waals surface area contributed by atoms with Gasteiger partial charge in [-0.25, -0.2) is 18.4 Å². The van der Waals surface area contributed by atoms with Crippen LogP contribution in [0.4, 0.5) is 11.5 Å². The first kappa shape index (κ1) is 12.5. The van der Waals surface area contributed by atoms with Gasteiger partial charge in [0.15, 0.2) is 9.84 Å². The Morgan fingerprint density at radius 2 is 1.89 bits per heavy atom. The number of benzene rings is 1. The van der Waals surface area contributed by atoms with Gasteiger partial charge in [0.25, 0.3) is 0 Å². The molecule has 0 atom stereocenters. The van der Waals surface area contributed by atoms with Crippen molar-refractivity contribution < 1.29 is 8.42 Å². The molecular weight excluding hydrogens is 250 g/mol. The molecule has 0 aliphatic rings. The van der Waals surface area contributed by atoms with E-state index in [1.54, 1.807) is 30.3 Å². The first-order valence-corrected chi connectivity index (χ1v) is 7.21. The summed E-state index contributed by atoms with van der Waals surface area (Å²) in [5, 5.41) is 2.99. The quantitative estimate of drug-likeness (QED) is 0.916. The Bertz CT molecular complexity index is 669. The zero-order valence-electron chi connectivity index (χ0n) is 10.1. The third-order valence-corrected chi connectivity index (χ3v) is 3.51. The van der Waals surface area contributed by atoms with Crippen LogP contribution in [0.15, 0.2) is 41.6 Å². The molecule has 5 nitrogen and oxygen atoms in total. The zero-order chi connectivity index (χ0) is 13.2. The summed E-state index contributed by atoms with van der Waals surface area (Å²) in [7, 11) is -3.27. The lowest BCUT2D eigenvalue weighted by atomic mass is 10.3. The van der Waals surface area contributed by atoms with E-state index in [0.717, 1.165) is 5.69 Å². The highest BCUT2D eigenvalue weighted by atomic mass is 32.2. The molecule has 0 aliphatic carbocycles. The summed E-state index contributed by atoms with van der Waals surface area (Å²) >= 11 is 0. The van der Waals surface area contributed by atoms with Crippen LogP contribution >= 0.6 is 0 Å². The van der Waals surface area contributed by atoms with Crippen LogP contribution in [0.1, 0.15) is 5.69 Å². The van der Waals surface area contributed by atoms with Gasteiger partial charge in [-0.1, -0.05) is 12.1 Å². The number of aryl methyl sites for hydroxylation is 1. The summed E-state index contributed by atoms with van der Waals surface area (Å²) in [6.45, 7) is 1.84. The van der Waals surface area contributed by atoms with E-state index in [1.807, 2.05) is 6.92 Å². The minimum atomic E-state index is -3.27. The lowest BCUT2D eigenvalue weighted by molar-refractivity contribution is 0.602. The second-order valence-electron chi connectivity index (χ2n) is 3.94. The average Bonchev–Trinajstić information content (AvgIpc) is 2.28. The van der Waals surface area contributed by atoms with Crippen molar-refractivity contribution in [1.82, 2.24) is 9.97 Å². The fourth-order valence-corrected chi connectivity index (χ4v) is 2.40. The minimum absolute atomic E-state index is 0.251. The van der Waals surface area contributed by atoms with E-state index in [4.69, 9.17) is 0 Å². The molecule has 0 bridgehead atoms. The normalized spacial score (nSPS) is 11.2. The van der Waals surface area contributed by atoms with Gasteiger partial charge in [-0.05, 0) is 19.1 Å². The predicted molar refractivity (Wildman–Crippen MR) is 69.6 cm³/mol. The van der Waals surface area contributed by atoms with Crippen LogP contribution in [0.2, 0.25) is 0 Å². The van der Waals surface area contributed by atoms with E-state index in [1.165, 1.54) is 12.6 Å². The lowest BCUT2D eigenvalue weighted by Crippen LogP contribution is -2.03. The third kappa shape index (κ3) is 2.84. The van der Waals surface area contributed by atoms with Gasteiger partial charge in [0.05, 0.1) is 10.6 Å². The maximum atomic E-state index is 11.6. The molecule has 2 aromatic rings. The standard InChI is InChI=1S/C12H13N3O2S/c1-9-7-12(14-8-13-9)15-10-5-3-4-6-11(10)18(2,16)17/h3-8H,1-2H3,(H,13,14,15). The van der Waals surface area contributed by atoms with Crippen LogP contribution in [0, 0.1) is 6.92 Å². The summed E-state index contributed by atoms with van der Waals surface area (Å²) in [6.07, 6.45) is 2.61. The Morgan fingerprint density at radius 1 is 1.17 bits per heavy atom. The summed E-state index contributed by atoms with van der Waals surface area (Å²) in [6, 6.07) is 8.47. The molecule has 18 heavy (non-hydrogen) atoms. The highest BCUT2D eigenvalue weighted by Gasteiger charge is 2.12. The molecule has 6 heteroatoms. The molecule has 1 aromatic heterocycles.